The molecule has 0 spiro atoms. The molecule has 0 aliphatic carbocycles. The molecule has 0 rings (SSSR count). The number of rotatable bonds is 28. The number of unbranched alkanes of at least 4 members (excludes halogenated alkanes) is 20. The van der Waals surface area contributed by atoms with Crippen molar-refractivity contribution in [3.63, 3.8) is 0 Å². The summed E-state index contributed by atoms with van der Waals surface area (Å²) in [5.41, 5.74) is 0. The molecule has 0 unspecified atom stereocenters. The third-order valence-corrected chi connectivity index (χ3v) is 16.0. The molecule has 0 atom stereocenters. The van der Waals surface area contributed by atoms with Gasteiger partial charge >= 0.3 is 210 Å². The van der Waals surface area contributed by atoms with E-state index in [0.717, 1.165) is 0 Å². The summed E-state index contributed by atoms with van der Waals surface area (Å²) in [6.07, 6.45) is 39.5. The Hall–Kier alpha value is 0.720. The van der Waals surface area contributed by atoms with Crippen LogP contribution in [0.3, 0.4) is 0 Å². The van der Waals surface area contributed by atoms with Gasteiger partial charge in [-0.1, -0.05) is 13.3 Å². The molecule has 0 aliphatic rings. The first-order valence-corrected chi connectivity index (χ1v) is 20.1. The summed E-state index contributed by atoms with van der Waals surface area (Å²) < 4.78 is 0. The van der Waals surface area contributed by atoms with E-state index in [1.54, 1.807) is 0 Å². The van der Waals surface area contributed by atoms with Crippen molar-refractivity contribution in [2.75, 3.05) is 24.6 Å². The van der Waals surface area contributed by atoms with Crippen molar-refractivity contribution >= 4 is 17.2 Å². The molecule has 0 saturated carbocycles. The molecule has 34 heavy (non-hydrogen) atoms. The Kier molecular flexibility index (Phi) is 24.6. The van der Waals surface area contributed by atoms with Gasteiger partial charge < -0.3 is 0 Å². The molecule has 0 saturated heterocycles. The monoisotopic (exact) mass is 518 g/mol. The van der Waals surface area contributed by atoms with E-state index in [-0.39, 0.29) is 0 Å². The van der Waals surface area contributed by atoms with E-state index in [0.29, 0.717) is 0 Å². The predicted octanol–water partition coefficient (Wildman–Crippen LogP) is 13.1. The van der Waals surface area contributed by atoms with Gasteiger partial charge in [0.25, 0.3) is 0 Å². The topological polar surface area (TPSA) is 0 Å². The van der Waals surface area contributed by atoms with Crippen molar-refractivity contribution in [1.82, 2.24) is 0 Å². The van der Waals surface area contributed by atoms with E-state index in [2.05, 4.69) is 27.7 Å². The Labute approximate surface area is 223 Å². The zero-order valence-corrected chi connectivity index (χ0v) is 26.3. The normalized spacial score (nSPS) is 13.3. The molecule has 0 aromatic rings. The fraction of sp³-hybridized carbons (Fsp3) is 1.00. The Morgan fingerprint density at radius 2 is 0.471 bits per heavy atom. The summed E-state index contributed by atoms with van der Waals surface area (Å²) in [7, 11) is 0. The van der Waals surface area contributed by atoms with Gasteiger partial charge in [0.1, 0.15) is 0 Å². The van der Waals surface area contributed by atoms with Crippen LogP contribution in [0.5, 0.6) is 0 Å². The zero-order chi connectivity index (χ0) is 25.2. The number of hydrogen-bond acceptors (Lipinski definition) is 0. The van der Waals surface area contributed by atoms with Gasteiger partial charge in [0.15, 0.2) is 0 Å². The average Bonchev–Trinajstić information content (AvgIpc) is 2.84. The standard InChI is InChI=1S/C32H68ClP/c1-5-9-13-17-18-19-20-21-22-23-24-28-32-34(33,29-25-14-10-6-2,30-26-15-11-7-3)31-27-16-12-8-4/h5-32H2,1-4H3. The maximum atomic E-state index is 8.00. The molecular weight excluding hydrogens is 451 g/mol. The molecule has 0 aliphatic heterocycles. The Bertz CT molecular complexity index is 374. The number of halogens is 1. The second-order valence-corrected chi connectivity index (χ2v) is 20.1. The number of hydrogen-bond donors (Lipinski definition) is 0. The molecule has 0 nitrogen and oxygen atoms in total. The molecule has 0 radical (unpaired) electrons. The molecular formula is C32H68ClP. The van der Waals surface area contributed by atoms with Crippen LogP contribution >= 0.6 is 17.2 Å². The first kappa shape index (κ1) is 34.7. The summed E-state index contributed by atoms with van der Waals surface area (Å²) in [4.78, 5) is 0. The fourth-order valence-electron chi connectivity index (χ4n) is 5.82. The maximum absolute atomic E-state index is 8.00. The SMILES string of the molecule is CCCCCCCCCCCCCCP(Cl)(CCCCCC)(CCCCCC)CCCCCC. The average molecular weight is 519 g/mol. The van der Waals surface area contributed by atoms with Crippen molar-refractivity contribution < 1.29 is 0 Å². The van der Waals surface area contributed by atoms with Gasteiger partial charge in [0, 0.05) is 0 Å². The molecule has 2 heteroatoms. The first-order chi connectivity index (χ1) is 16.5. The molecule has 0 heterocycles. The van der Waals surface area contributed by atoms with Crippen molar-refractivity contribution in [2.24, 2.45) is 0 Å². The first-order valence-electron chi connectivity index (χ1n) is 16.3. The van der Waals surface area contributed by atoms with Gasteiger partial charge in [0.05, 0.1) is 0 Å². The van der Waals surface area contributed by atoms with Crippen molar-refractivity contribution in [3.05, 3.63) is 0 Å². The molecule has 0 fully saturated rings. The van der Waals surface area contributed by atoms with Crippen LogP contribution < -0.4 is 0 Å². The summed E-state index contributed by atoms with van der Waals surface area (Å²) >= 11 is 8.00. The molecule has 0 amide bonds. The van der Waals surface area contributed by atoms with Crippen LogP contribution in [0.15, 0.2) is 0 Å². The van der Waals surface area contributed by atoms with Gasteiger partial charge in [-0.2, -0.15) is 0 Å². The van der Waals surface area contributed by atoms with Crippen LogP contribution in [0.4, 0.5) is 0 Å². The van der Waals surface area contributed by atoms with E-state index in [1.165, 1.54) is 179 Å². The Morgan fingerprint density at radius 1 is 0.294 bits per heavy atom. The Balaban J connectivity index is 4.57. The minimum atomic E-state index is -2.07. The molecule has 0 N–H and O–H groups in total. The second-order valence-electron chi connectivity index (χ2n) is 11.8. The zero-order valence-electron chi connectivity index (χ0n) is 24.6. The third-order valence-electron chi connectivity index (χ3n) is 8.28. The predicted molar refractivity (Wildman–Crippen MR) is 166 cm³/mol. The minimum absolute atomic E-state index is 1.34. The quantitative estimate of drug-likeness (QED) is 0.0713. The van der Waals surface area contributed by atoms with E-state index in [4.69, 9.17) is 11.2 Å². The van der Waals surface area contributed by atoms with Crippen LogP contribution in [0, 0.1) is 0 Å². The van der Waals surface area contributed by atoms with E-state index in [1.807, 2.05) is 0 Å². The molecule has 0 bridgehead atoms. The van der Waals surface area contributed by atoms with Crippen LogP contribution in [-0.4, -0.2) is 24.6 Å². The molecule has 0 aromatic heterocycles. The molecule has 0 aromatic carbocycles. The third kappa shape index (κ3) is 19.9. The fourth-order valence-corrected chi connectivity index (χ4v) is 12.7. The summed E-state index contributed by atoms with van der Waals surface area (Å²) in [6.45, 7) is 9.32. The Morgan fingerprint density at radius 3 is 0.706 bits per heavy atom. The van der Waals surface area contributed by atoms with Gasteiger partial charge in [-0.25, -0.2) is 0 Å². The van der Waals surface area contributed by atoms with E-state index < -0.39 is 5.96 Å². The van der Waals surface area contributed by atoms with Crippen LogP contribution in [-0.2, 0) is 0 Å². The van der Waals surface area contributed by atoms with E-state index in [9.17, 15) is 0 Å². The van der Waals surface area contributed by atoms with Crippen molar-refractivity contribution in [3.8, 4) is 0 Å². The van der Waals surface area contributed by atoms with Crippen LogP contribution in [0.2, 0.25) is 0 Å². The summed E-state index contributed by atoms with van der Waals surface area (Å²) in [5.74, 6) is -2.07. The van der Waals surface area contributed by atoms with Gasteiger partial charge in [-0.15, -0.1) is 0 Å². The summed E-state index contributed by atoms with van der Waals surface area (Å²) in [5, 5.41) is 0. The van der Waals surface area contributed by atoms with Crippen molar-refractivity contribution in [2.45, 2.75) is 182 Å². The van der Waals surface area contributed by atoms with E-state index >= 15 is 0 Å². The van der Waals surface area contributed by atoms with Crippen molar-refractivity contribution in [1.29, 1.82) is 0 Å². The van der Waals surface area contributed by atoms with Crippen LogP contribution in [0.1, 0.15) is 182 Å². The second kappa shape index (κ2) is 24.1. The molecule has 208 valence electrons. The van der Waals surface area contributed by atoms with Crippen LogP contribution in [0.25, 0.3) is 0 Å². The van der Waals surface area contributed by atoms with Gasteiger partial charge in [0.2, 0.25) is 0 Å². The van der Waals surface area contributed by atoms with Gasteiger partial charge in [-0.3, -0.25) is 0 Å². The van der Waals surface area contributed by atoms with Gasteiger partial charge in [-0.05, 0) is 0 Å². The summed E-state index contributed by atoms with van der Waals surface area (Å²) in [6, 6.07) is 0.